The molecular weight excluding hydrogens is 478 g/mol. The first-order valence-electron chi connectivity index (χ1n) is 11.5. The Balaban J connectivity index is 2.19. The molecule has 9 nitrogen and oxygen atoms in total. The molecule has 10 heteroatoms. The van der Waals surface area contributed by atoms with Crippen LogP contribution in [0.5, 0.6) is 5.75 Å². The second-order valence-corrected chi connectivity index (χ2v) is 9.84. The van der Waals surface area contributed by atoms with Crippen molar-refractivity contribution in [2.75, 3.05) is 17.2 Å². The first-order valence-corrected chi connectivity index (χ1v) is 12.3. The molecule has 2 aromatic carbocycles. The van der Waals surface area contributed by atoms with Crippen LogP contribution in [0.2, 0.25) is 0 Å². The van der Waals surface area contributed by atoms with Gasteiger partial charge in [-0.3, -0.25) is 19.3 Å². The van der Waals surface area contributed by atoms with Gasteiger partial charge in [-0.1, -0.05) is 43.7 Å². The standard InChI is InChI=1S/C26H31N5O4S/c1-14(2)11-12-29-25(34)22(17-6-8-18(32)9-7-17)31(19-10-5-15(3)13-16(19)4)26(35)23-20(27)21(24(28)33)30-36-23/h5-10,13-14,22,32H,11-12,27H2,1-4H3,(H2,28,33)(H,29,34). The smallest absolute Gasteiger partial charge is 0.273 e. The number of nitrogens with two attached hydrogens (primary N) is 2. The van der Waals surface area contributed by atoms with Gasteiger partial charge in [-0.25, -0.2) is 0 Å². The van der Waals surface area contributed by atoms with E-state index in [9.17, 15) is 19.5 Å². The number of anilines is 2. The zero-order valence-electron chi connectivity index (χ0n) is 20.7. The molecule has 1 unspecified atom stereocenters. The van der Waals surface area contributed by atoms with Crippen molar-refractivity contribution in [3.05, 3.63) is 69.7 Å². The number of aromatic hydroxyl groups is 1. The number of benzene rings is 2. The van der Waals surface area contributed by atoms with Crippen LogP contribution in [0.25, 0.3) is 0 Å². The number of nitrogen functional groups attached to an aromatic ring is 1. The average molecular weight is 510 g/mol. The van der Waals surface area contributed by atoms with E-state index in [0.29, 0.717) is 23.7 Å². The van der Waals surface area contributed by atoms with Gasteiger partial charge in [-0.05, 0) is 67.0 Å². The van der Waals surface area contributed by atoms with Crippen molar-refractivity contribution < 1.29 is 19.5 Å². The molecule has 190 valence electrons. The molecule has 3 aromatic rings. The number of aryl methyl sites for hydroxylation is 2. The van der Waals surface area contributed by atoms with Crippen molar-refractivity contribution in [1.82, 2.24) is 9.69 Å². The first kappa shape index (κ1) is 26.7. The van der Waals surface area contributed by atoms with Crippen molar-refractivity contribution in [1.29, 1.82) is 0 Å². The fourth-order valence-corrected chi connectivity index (χ4v) is 4.58. The number of aromatic nitrogens is 1. The van der Waals surface area contributed by atoms with Crippen molar-refractivity contribution >= 4 is 40.6 Å². The van der Waals surface area contributed by atoms with E-state index in [1.807, 2.05) is 26.0 Å². The van der Waals surface area contributed by atoms with Crippen LogP contribution in [0, 0.1) is 19.8 Å². The van der Waals surface area contributed by atoms with Crippen LogP contribution in [-0.4, -0.2) is 33.7 Å². The summed E-state index contributed by atoms with van der Waals surface area (Å²) in [4.78, 5) is 40.8. The predicted molar refractivity (Wildman–Crippen MR) is 141 cm³/mol. The number of carbonyl (C=O) groups is 3. The molecule has 1 heterocycles. The van der Waals surface area contributed by atoms with Gasteiger partial charge in [0.2, 0.25) is 5.91 Å². The Labute approximate surface area is 214 Å². The Bertz CT molecular complexity index is 1270. The third-order valence-electron chi connectivity index (χ3n) is 5.72. The van der Waals surface area contributed by atoms with Crippen molar-refractivity contribution in [2.24, 2.45) is 11.7 Å². The maximum atomic E-state index is 14.0. The summed E-state index contributed by atoms with van der Waals surface area (Å²) in [5.74, 6) is -1.43. The molecule has 0 saturated heterocycles. The maximum Gasteiger partial charge on any atom is 0.273 e. The maximum absolute atomic E-state index is 14.0. The highest BCUT2D eigenvalue weighted by molar-refractivity contribution is 7.09. The summed E-state index contributed by atoms with van der Waals surface area (Å²) in [5.41, 5.74) is 13.9. The Morgan fingerprint density at radius 2 is 1.78 bits per heavy atom. The average Bonchev–Trinajstić information content (AvgIpc) is 3.19. The van der Waals surface area contributed by atoms with Crippen LogP contribution in [0.1, 0.15) is 63.2 Å². The normalized spacial score (nSPS) is 11.8. The van der Waals surface area contributed by atoms with Crippen LogP contribution in [0.3, 0.4) is 0 Å². The second kappa shape index (κ2) is 11.2. The molecule has 1 atom stereocenters. The molecule has 3 rings (SSSR count). The largest absolute Gasteiger partial charge is 0.508 e. The topological polar surface area (TPSA) is 152 Å². The van der Waals surface area contributed by atoms with E-state index in [2.05, 4.69) is 23.5 Å². The first-order chi connectivity index (χ1) is 17.0. The van der Waals surface area contributed by atoms with Gasteiger partial charge in [-0.2, -0.15) is 4.37 Å². The summed E-state index contributed by atoms with van der Waals surface area (Å²) < 4.78 is 3.97. The molecule has 0 aliphatic carbocycles. The molecule has 36 heavy (non-hydrogen) atoms. The molecular formula is C26H31N5O4S. The van der Waals surface area contributed by atoms with E-state index >= 15 is 0 Å². The number of rotatable bonds is 9. The van der Waals surface area contributed by atoms with Crippen molar-refractivity contribution in [3.8, 4) is 5.75 Å². The number of phenolic OH excluding ortho intramolecular Hbond substituents is 1. The molecule has 0 radical (unpaired) electrons. The van der Waals surface area contributed by atoms with Crippen LogP contribution < -0.4 is 21.7 Å². The highest BCUT2D eigenvalue weighted by Crippen LogP contribution is 2.35. The van der Waals surface area contributed by atoms with Gasteiger partial charge in [0.05, 0.1) is 5.69 Å². The number of amides is 3. The van der Waals surface area contributed by atoms with Gasteiger partial charge in [-0.15, -0.1) is 0 Å². The minimum absolute atomic E-state index is 0.00235. The molecule has 3 amide bonds. The minimum Gasteiger partial charge on any atom is -0.508 e. The lowest BCUT2D eigenvalue weighted by atomic mass is 10.00. The van der Waals surface area contributed by atoms with Gasteiger partial charge in [0, 0.05) is 12.2 Å². The van der Waals surface area contributed by atoms with Crippen LogP contribution in [0.15, 0.2) is 42.5 Å². The fourth-order valence-electron chi connectivity index (χ4n) is 3.83. The molecule has 0 saturated carbocycles. The van der Waals surface area contributed by atoms with Crippen molar-refractivity contribution in [3.63, 3.8) is 0 Å². The lowest BCUT2D eigenvalue weighted by molar-refractivity contribution is -0.122. The summed E-state index contributed by atoms with van der Waals surface area (Å²) in [6.07, 6.45) is 0.759. The van der Waals surface area contributed by atoms with Gasteiger partial charge < -0.3 is 21.9 Å². The monoisotopic (exact) mass is 509 g/mol. The third kappa shape index (κ3) is 5.83. The van der Waals surface area contributed by atoms with Gasteiger partial charge in [0.25, 0.3) is 11.8 Å². The molecule has 0 spiro atoms. The van der Waals surface area contributed by atoms with E-state index in [1.165, 1.54) is 17.0 Å². The summed E-state index contributed by atoms with van der Waals surface area (Å²) in [5, 5.41) is 12.8. The predicted octanol–water partition coefficient (Wildman–Crippen LogP) is 3.70. The number of phenols is 1. The second-order valence-electron chi connectivity index (χ2n) is 9.07. The fraction of sp³-hybridized carbons (Fsp3) is 0.308. The zero-order chi connectivity index (χ0) is 26.6. The Morgan fingerprint density at radius 1 is 1.11 bits per heavy atom. The van der Waals surface area contributed by atoms with Gasteiger partial charge in [0.15, 0.2) is 5.69 Å². The molecule has 0 aliphatic heterocycles. The lowest BCUT2D eigenvalue weighted by Gasteiger charge is -2.32. The Hall–Kier alpha value is -3.92. The minimum atomic E-state index is -1.09. The van der Waals surface area contributed by atoms with E-state index < -0.39 is 23.8 Å². The van der Waals surface area contributed by atoms with Gasteiger partial charge >= 0.3 is 0 Å². The lowest BCUT2D eigenvalue weighted by Crippen LogP contribution is -2.44. The van der Waals surface area contributed by atoms with Crippen LogP contribution >= 0.6 is 11.5 Å². The third-order valence-corrected chi connectivity index (χ3v) is 6.57. The number of hydrogen-bond acceptors (Lipinski definition) is 7. The summed E-state index contributed by atoms with van der Waals surface area (Å²) >= 11 is 0.754. The van der Waals surface area contributed by atoms with Crippen LogP contribution in [-0.2, 0) is 4.79 Å². The number of carbonyl (C=O) groups excluding carboxylic acids is 3. The Morgan fingerprint density at radius 3 is 2.33 bits per heavy atom. The SMILES string of the molecule is Cc1ccc(N(C(=O)c2snc(C(N)=O)c2N)C(C(=O)NCCC(C)C)c2ccc(O)cc2)c(C)c1. The number of hydrogen-bond donors (Lipinski definition) is 4. The molecule has 0 bridgehead atoms. The summed E-state index contributed by atoms with van der Waals surface area (Å²) in [7, 11) is 0. The number of nitrogens with zero attached hydrogens (tertiary/aromatic N) is 2. The van der Waals surface area contributed by atoms with Crippen molar-refractivity contribution in [2.45, 2.75) is 40.2 Å². The number of nitrogens with one attached hydrogen (secondary N) is 1. The van der Waals surface area contributed by atoms with E-state index in [1.54, 1.807) is 18.2 Å². The molecule has 0 fully saturated rings. The van der Waals surface area contributed by atoms with E-state index in [-0.39, 0.29) is 22.0 Å². The molecule has 6 N–H and O–H groups in total. The quantitative estimate of drug-likeness (QED) is 0.345. The van der Waals surface area contributed by atoms with Crippen LogP contribution in [0.4, 0.5) is 11.4 Å². The van der Waals surface area contributed by atoms with Gasteiger partial charge in [0.1, 0.15) is 16.7 Å². The highest BCUT2D eigenvalue weighted by atomic mass is 32.1. The zero-order valence-corrected chi connectivity index (χ0v) is 21.6. The summed E-state index contributed by atoms with van der Waals surface area (Å²) in [6, 6.07) is 10.5. The van der Waals surface area contributed by atoms with E-state index in [0.717, 1.165) is 29.1 Å². The summed E-state index contributed by atoms with van der Waals surface area (Å²) in [6.45, 7) is 8.31. The Kier molecular flexibility index (Phi) is 8.31. The number of primary amides is 1. The molecule has 1 aromatic heterocycles. The molecule has 0 aliphatic rings. The van der Waals surface area contributed by atoms with E-state index in [4.69, 9.17) is 11.5 Å². The highest BCUT2D eigenvalue weighted by Gasteiger charge is 2.36.